The Morgan fingerprint density at radius 3 is 2.59 bits per heavy atom. The third-order valence-electron chi connectivity index (χ3n) is 4.82. The number of methoxy groups -OCH3 is 1. The first-order valence-corrected chi connectivity index (χ1v) is 9.45. The molecule has 27 heavy (non-hydrogen) atoms. The molecule has 0 radical (unpaired) electrons. The molecule has 0 aromatic heterocycles. The van der Waals surface area contributed by atoms with E-state index in [1.54, 1.807) is 7.11 Å². The predicted molar refractivity (Wildman–Crippen MR) is 104 cm³/mol. The van der Waals surface area contributed by atoms with Gasteiger partial charge in [-0.3, -0.25) is 9.69 Å². The molecule has 1 aliphatic heterocycles. The van der Waals surface area contributed by atoms with Crippen LogP contribution in [0.25, 0.3) is 0 Å². The normalized spacial score (nSPS) is 17.5. The molecule has 1 heterocycles. The van der Waals surface area contributed by atoms with Gasteiger partial charge in [-0.15, -0.1) is 0 Å². The summed E-state index contributed by atoms with van der Waals surface area (Å²) in [5.74, 6) is 0.555. The van der Waals surface area contributed by atoms with E-state index in [9.17, 15) is 9.90 Å². The molecule has 5 nitrogen and oxygen atoms in total. The van der Waals surface area contributed by atoms with Gasteiger partial charge in [0.25, 0.3) is 0 Å². The number of carboxylic acids is 1. The maximum absolute atomic E-state index is 11.5. The van der Waals surface area contributed by atoms with Gasteiger partial charge in [-0.05, 0) is 54.8 Å². The molecule has 1 fully saturated rings. The van der Waals surface area contributed by atoms with Crippen molar-refractivity contribution in [1.29, 1.82) is 0 Å². The van der Waals surface area contributed by atoms with Gasteiger partial charge >= 0.3 is 5.97 Å². The van der Waals surface area contributed by atoms with Crippen LogP contribution >= 0.6 is 11.6 Å². The van der Waals surface area contributed by atoms with Gasteiger partial charge < -0.3 is 14.6 Å². The summed E-state index contributed by atoms with van der Waals surface area (Å²) in [6, 6.07) is 12.9. The van der Waals surface area contributed by atoms with Crippen LogP contribution in [-0.2, 0) is 17.9 Å². The van der Waals surface area contributed by atoms with E-state index in [4.69, 9.17) is 21.1 Å². The van der Waals surface area contributed by atoms with Crippen molar-refractivity contribution in [3.05, 3.63) is 58.6 Å². The Balaban J connectivity index is 1.68. The first-order valence-electron chi connectivity index (χ1n) is 9.08. The maximum atomic E-state index is 11.5. The zero-order valence-electron chi connectivity index (χ0n) is 15.4. The lowest BCUT2D eigenvalue weighted by molar-refractivity contribution is -0.144. The largest absolute Gasteiger partial charge is 0.493 e. The molecular formula is C21H24ClNO4. The van der Waals surface area contributed by atoms with Gasteiger partial charge in [0.05, 0.1) is 7.11 Å². The summed E-state index contributed by atoms with van der Waals surface area (Å²) in [7, 11) is 1.61. The molecule has 3 rings (SSSR count). The number of rotatable bonds is 7. The van der Waals surface area contributed by atoms with Crippen molar-refractivity contribution in [3.63, 3.8) is 0 Å². The van der Waals surface area contributed by atoms with Crippen molar-refractivity contribution in [1.82, 2.24) is 4.90 Å². The van der Waals surface area contributed by atoms with Gasteiger partial charge in [0.2, 0.25) is 0 Å². The predicted octanol–water partition coefficient (Wildman–Crippen LogP) is 4.37. The highest BCUT2D eigenvalue weighted by atomic mass is 35.5. The van der Waals surface area contributed by atoms with Gasteiger partial charge in [-0.1, -0.05) is 36.2 Å². The van der Waals surface area contributed by atoms with Crippen LogP contribution < -0.4 is 9.47 Å². The Morgan fingerprint density at radius 1 is 1.15 bits per heavy atom. The van der Waals surface area contributed by atoms with Crippen LogP contribution in [0.1, 0.15) is 30.4 Å². The Morgan fingerprint density at radius 2 is 1.89 bits per heavy atom. The number of aliphatic carboxylic acids is 1. The fourth-order valence-electron chi connectivity index (χ4n) is 3.37. The number of hydrogen-bond acceptors (Lipinski definition) is 4. The molecule has 2 aromatic rings. The molecule has 0 amide bonds. The van der Waals surface area contributed by atoms with Gasteiger partial charge in [0.15, 0.2) is 11.5 Å². The fourth-order valence-corrected chi connectivity index (χ4v) is 3.49. The SMILES string of the molecule is COc1cc(CN2CCCCC2C(=O)O)ccc1OCc1ccc(Cl)cc1. The third kappa shape index (κ3) is 5.15. The zero-order valence-corrected chi connectivity index (χ0v) is 16.1. The van der Waals surface area contributed by atoms with Gasteiger partial charge in [-0.2, -0.15) is 0 Å². The van der Waals surface area contributed by atoms with E-state index in [-0.39, 0.29) is 0 Å². The summed E-state index contributed by atoms with van der Waals surface area (Å²) in [4.78, 5) is 13.5. The highest BCUT2D eigenvalue weighted by Gasteiger charge is 2.28. The van der Waals surface area contributed by atoms with Crippen LogP contribution in [0.4, 0.5) is 0 Å². The quantitative estimate of drug-likeness (QED) is 0.762. The van der Waals surface area contributed by atoms with Crippen molar-refractivity contribution in [2.45, 2.75) is 38.5 Å². The van der Waals surface area contributed by atoms with Crippen LogP contribution in [-0.4, -0.2) is 35.7 Å². The second kappa shape index (κ2) is 9.11. The minimum Gasteiger partial charge on any atom is -0.493 e. The molecule has 1 atom stereocenters. The number of halogens is 1. The topological polar surface area (TPSA) is 59.0 Å². The Labute approximate surface area is 164 Å². The second-order valence-corrected chi connectivity index (χ2v) is 7.16. The molecule has 0 aliphatic carbocycles. The second-order valence-electron chi connectivity index (χ2n) is 6.72. The van der Waals surface area contributed by atoms with Crippen molar-refractivity contribution in [3.8, 4) is 11.5 Å². The van der Waals surface area contributed by atoms with Crippen LogP contribution in [0.3, 0.4) is 0 Å². The van der Waals surface area contributed by atoms with E-state index in [0.29, 0.717) is 36.1 Å². The smallest absolute Gasteiger partial charge is 0.320 e. The fraction of sp³-hybridized carbons (Fsp3) is 0.381. The lowest BCUT2D eigenvalue weighted by atomic mass is 10.0. The average molecular weight is 390 g/mol. The van der Waals surface area contributed by atoms with Crippen molar-refractivity contribution >= 4 is 17.6 Å². The third-order valence-corrected chi connectivity index (χ3v) is 5.07. The summed E-state index contributed by atoms with van der Waals surface area (Å²) < 4.78 is 11.4. The van der Waals surface area contributed by atoms with E-state index < -0.39 is 12.0 Å². The number of piperidine rings is 1. The van der Waals surface area contributed by atoms with E-state index >= 15 is 0 Å². The summed E-state index contributed by atoms with van der Waals surface area (Å²) >= 11 is 5.90. The molecular weight excluding hydrogens is 366 g/mol. The van der Waals surface area contributed by atoms with Gasteiger partial charge in [0, 0.05) is 11.6 Å². The molecule has 144 valence electrons. The number of carbonyl (C=O) groups is 1. The van der Waals surface area contributed by atoms with E-state index in [0.717, 1.165) is 30.5 Å². The summed E-state index contributed by atoms with van der Waals surface area (Å²) in [5.41, 5.74) is 2.03. The molecule has 2 aromatic carbocycles. The lowest BCUT2D eigenvalue weighted by Crippen LogP contribution is -2.43. The maximum Gasteiger partial charge on any atom is 0.320 e. The molecule has 6 heteroatoms. The summed E-state index contributed by atoms with van der Waals surface area (Å²) in [6.45, 7) is 1.80. The number of nitrogens with zero attached hydrogens (tertiary/aromatic N) is 1. The Bertz CT molecular complexity index is 778. The number of carboxylic acid groups (broad SMARTS) is 1. The van der Waals surface area contributed by atoms with E-state index in [2.05, 4.69) is 0 Å². The molecule has 1 unspecified atom stereocenters. The first kappa shape index (κ1) is 19.5. The van der Waals surface area contributed by atoms with Crippen molar-refractivity contribution < 1.29 is 19.4 Å². The molecule has 0 saturated carbocycles. The minimum atomic E-state index is -0.746. The monoisotopic (exact) mass is 389 g/mol. The van der Waals surface area contributed by atoms with Crippen LogP contribution in [0.2, 0.25) is 5.02 Å². The average Bonchev–Trinajstić information content (AvgIpc) is 2.68. The van der Waals surface area contributed by atoms with E-state index in [1.165, 1.54) is 0 Å². The van der Waals surface area contributed by atoms with Crippen molar-refractivity contribution in [2.24, 2.45) is 0 Å². The minimum absolute atomic E-state index is 0.412. The molecule has 1 aliphatic rings. The van der Waals surface area contributed by atoms with Crippen molar-refractivity contribution in [2.75, 3.05) is 13.7 Å². The van der Waals surface area contributed by atoms with Crippen LogP contribution in [0, 0.1) is 0 Å². The highest BCUT2D eigenvalue weighted by Crippen LogP contribution is 2.30. The van der Waals surface area contributed by atoms with Crippen LogP contribution in [0.15, 0.2) is 42.5 Å². The first-order chi connectivity index (χ1) is 13.1. The van der Waals surface area contributed by atoms with E-state index in [1.807, 2.05) is 47.4 Å². The van der Waals surface area contributed by atoms with Gasteiger partial charge in [0.1, 0.15) is 12.6 Å². The zero-order chi connectivity index (χ0) is 19.2. The molecule has 1 N–H and O–H groups in total. The highest BCUT2D eigenvalue weighted by molar-refractivity contribution is 6.30. The summed E-state index contributed by atoms with van der Waals surface area (Å²) in [5, 5.41) is 10.1. The van der Waals surface area contributed by atoms with Gasteiger partial charge in [-0.25, -0.2) is 0 Å². The number of ether oxygens (including phenoxy) is 2. The number of benzene rings is 2. The number of hydrogen-bond donors (Lipinski definition) is 1. The molecule has 0 bridgehead atoms. The number of likely N-dealkylation sites (tertiary alicyclic amines) is 1. The standard InChI is InChI=1S/C21H24ClNO4/c1-26-20-12-16(13-23-11-3-2-4-18(23)21(24)25)7-10-19(20)27-14-15-5-8-17(22)9-6-15/h5-10,12,18H,2-4,11,13-14H2,1H3,(H,24,25). The Hall–Kier alpha value is -2.24. The molecule has 0 spiro atoms. The lowest BCUT2D eigenvalue weighted by Gasteiger charge is -2.32. The Kier molecular flexibility index (Phi) is 6.58. The molecule has 1 saturated heterocycles. The van der Waals surface area contributed by atoms with Crippen LogP contribution in [0.5, 0.6) is 11.5 Å². The summed E-state index contributed by atoms with van der Waals surface area (Å²) in [6.07, 6.45) is 2.70.